The molecule has 1 aromatic rings. The zero-order chi connectivity index (χ0) is 16.8. The van der Waals surface area contributed by atoms with Crippen LogP contribution in [0.15, 0.2) is 36.9 Å². The Morgan fingerprint density at radius 3 is 2.45 bits per heavy atom. The van der Waals surface area contributed by atoms with E-state index >= 15 is 0 Å². The van der Waals surface area contributed by atoms with Crippen molar-refractivity contribution in [3.63, 3.8) is 0 Å². The van der Waals surface area contributed by atoms with Crippen LogP contribution in [0, 0.1) is 5.92 Å². The molecule has 0 radical (unpaired) electrons. The molecule has 0 aromatic heterocycles. The number of hydrogen-bond donors (Lipinski definition) is 2. The Bertz CT molecular complexity index is 490. The van der Waals surface area contributed by atoms with Crippen molar-refractivity contribution in [1.82, 2.24) is 0 Å². The molecule has 1 aromatic carbocycles. The molecule has 122 valence electrons. The van der Waals surface area contributed by atoms with Crippen LogP contribution in [0.2, 0.25) is 0 Å². The maximum absolute atomic E-state index is 11.5. The van der Waals surface area contributed by atoms with Gasteiger partial charge < -0.3 is 14.9 Å². The summed E-state index contributed by atoms with van der Waals surface area (Å²) < 4.78 is 5.47. The molecular formula is C18H26O4. The van der Waals surface area contributed by atoms with Crippen LogP contribution in [0.1, 0.15) is 39.2 Å². The van der Waals surface area contributed by atoms with Crippen LogP contribution in [0.5, 0.6) is 5.75 Å². The fourth-order valence-corrected chi connectivity index (χ4v) is 2.47. The van der Waals surface area contributed by atoms with Gasteiger partial charge in [-0.25, -0.2) is 0 Å². The highest BCUT2D eigenvalue weighted by atomic mass is 16.5. The SMILES string of the molecule is C=CCOC(C)C(CCC(C)(C)c1ccc(O)cc1)C(=O)O. The molecule has 0 fully saturated rings. The molecule has 4 nitrogen and oxygen atoms in total. The maximum atomic E-state index is 11.5. The minimum Gasteiger partial charge on any atom is -0.508 e. The third-order valence-electron chi connectivity index (χ3n) is 4.09. The van der Waals surface area contributed by atoms with Crippen molar-refractivity contribution in [2.45, 2.75) is 45.1 Å². The molecule has 0 aliphatic carbocycles. The third-order valence-corrected chi connectivity index (χ3v) is 4.09. The number of phenolic OH excluding ortho intramolecular Hbond substituents is 1. The van der Waals surface area contributed by atoms with Crippen LogP contribution in [-0.4, -0.2) is 28.9 Å². The Morgan fingerprint density at radius 2 is 1.95 bits per heavy atom. The normalized spacial score (nSPS) is 14.3. The van der Waals surface area contributed by atoms with Crippen molar-refractivity contribution in [2.24, 2.45) is 5.92 Å². The summed E-state index contributed by atoms with van der Waals surface area (Å²) in [5.74, 6) is -1.15. The zero-order valence-electron chi connectivity index (χ0n) is 13.6. The minimum absolute atomic E-state index is 0.167. The lowest BCUT2D eigenvalue weighted by atomic mass is 9.78. The van der Waals surface area contributed by atoms with Gasteiger partial charge in [0.2, 0.25) is 0 Å². The van der Waals surface area contributed by atoms with Gasteiger partial charge in [0.1, 0.15) is 5.75 Å². The summed E-state index contributed by atoms with van der Waals surface area (Å²) in [6.07, 6.45) is 2.51. The van der Waals surface area contributed by atoms with E-state index < -0.39 is 11.9 Å². The summed E-state index contributed by atoms with van der Waals surface area (Å²) in [5, 5.41) is 18.8. The second-order valence-corrected chi connectivity index (χ2v) is 6.24. The molecular weight excluding hydrogens is 280 g/mol. The van der Waals surface area contributed by atoms with Crippen molar-refractivity contribution < 1.29 is 19.7 Å². The number of hydrogen-bond acceptors (Lipinski definition) is 3. The summed E-state index contributed by atoms with van der Waals surface area (Å²) in [7, 11) is 0. The first-order valence-corrected chi connectivity index (χ1v) is 7.52. The number of carbonyl (C=O) groups is 1. The molecule has 0 aliphatic rings. The lowest BCUT2D eigenvalue weighted by Gasteiger charge is -2.28. The lowest BCUT2D eigenvalue weighted by Crippen LogP contribution is -2.30. The molecule has 2 unspecified atom stereocenters. The largest absolute Gasteiger partial charge is 0.508 e. The van der Waals surface area contributed by atoms with Gasteiger partial charge in [-0.3, -0.25) is 4.79 Å². The minimum atomic E-state index is -0.835. The quantitative estimate of drug-likeness (QED) is 0.682. The van der Waals surface area contributed by atoms with Gasteiger partial charge in [-0.2, -0.15) is 0 Å². The molecule has 4 heteroatoms. The monoisotopic (exact) mass is 306 g/mol. The molecule has 2 N–H and O–H groups in total. The fraction of sp³-hybridized carbons (Fsp3) is 0.500. The molecule has 22 heavy (non-hydrogen) atoms. The van der Waals surface area contributed by atoms with E-state index in [0.29, 0.717) is 13.0 Å². The summed E-state index contributed by atoms with van der Waals surface area (Å²) in [4.78, 5) is 11.5. The molecule has 0 saturated carbocycles. The molecule has 0 amide bonds. The predicted molar refractivity (Wildman–Crippen MR) is 87.1 cm³/mol. The summed E-state index contributed by atoms with van der Waals surface area (Å²) in [6, 6.07) is 7.06. The number of carboxylic acid groups (broad SMARTS) is 1. The van der Waals surface area contributed by atoms with Gasteiger partial charge in [-0.1, -0.05) is 32.1 Å². The highest BCUT2D eigenvalue weighted by Crippen LogP contribution is 2.32. The zero-order valence-corrected chi connectivity index (χ0v) is 13.6. The summed E-state index contributed by atoms with van der Waals surface area (Å²) in [5.41, 5.74) is 0.911. The Kier molecular flexibility index (Phi) is 6.62. The summed E-state index contributed by atoms with van der Waals surface area (Å²) in [6.45, 7) is 9.87. The van der Waals surface area contributed by atoms with Crippen LogP contribution in [0.25, 0.3) is 0 Å². The number of benzene rings is 1. The Hall–Kier alpha value is -1.81. The van der Waals surface area contributed by atoms with Crippen LogP contribution >= 0.6 is 0 Å². The molecule has 0 saturated heterocycles. The highest BCUT2D eigenvalue weighted by Gasteiger charge is 2.29. The standard InChI is InChI=1S/C18H26O4/c1-5-12-22-13(2)16(17(20)21)10-11-18(3,4)14-6-8-15(19)9-7-14/h5-9,13,16,19H,1,10-12H2,2-4H3,(H,20,21). The number of carboxylic acids is 1. The van der Waals surface area contributed by atoms with E-state index in [4.69, 9.17) is 4.74 Å². The van der Waals surface area contributed by atoms with Crippen LogP contribution < -0.4 is 0 Å². The number of phenols is 1. The van der Waals surface area contributed by atoms with Gasteiger partial charge >= 0.3 is 5.97 Å². The van der Waals surface area contributed by atoms with Crippen molar-refractivity contribution >= 4 is 5.97 Å². The molecule has 2 atom stereocenters. The van der Waals surface area contributed by atoms with Crippen molar-refractivity contribution in [3.8, 4) is 5.75 Å². The van der Waals surface area contributed by atoms with E-state index in [1.54, 1.807) is 25.1 Å². The second kappa shape index (κ2) is 7.99. The first-order valence-electron chi connectivity index (χ1n) is 7.52. The molecule has 1 rings (SSSR count). The number of rotatable bonds is 9. The average molecular weight is 306 g/mol. The Morgan fingerprint density at radius 1 is 1.36 bits per heavy atom. The smallest absolute Gasteiger partial charge is 0.309 e. The molecule has 0 heterocycles. The van der Waals surface area contributed by atoms with E-state index in [9.17, 15) is 15.0 Å². The first kappa shape index (κ1) is 18.2. The van der Waals surface area contributed by atoms with E-state index in [0.717, 1.165) is 12.0 Å². The van der Waals surface area contributed by atoms with Crippen molar-refractivity contribution in [2.75, 3.05) is 6.61 Å². The van der Waals surface area contributed by atoms with E-state index in [1.165, 1.54) is 0 Å². The van der Waals surface area contributed by atoms with Crippen LogP contribution in [0.4, 0.5) is 0 Å². The van der Waals surface area contributed by atoms with Gasteiger partial charge in [0, 0.05) is 0 Å². The van der Waals surface area contributed by atoms with Gasteiger partial charge in [-0.15, -0.1) is 6.58 Å². The maximum Gasteiger partial charge on any atom is 0.309 e. The third kappa shape index (κ3) is 5.19. The first-order chi connectivity index (χ1) is 10.3. The predicted octanol–water partition coefficient (Wildman–Crippen LogP) is 3.74. The highest BCUT2D eigenvalue weighted by molar-refractivity contribution is 5.70. The van der Waals surface area contributed by atoms with E-state index in [2.05, 4.69) is 20.4 Å². The molecule has 0 spiro atoms. The lowest BCUT2D eigenvalue weighted by molar-refractivity contribution is -0.147. The Labute approximate surface area is 132 Å². The van der Waals surface area contributed by atoms with Gasteiger partial charge in [0.05, 0.1) is 18.6 Å². The number of aliphatic carboxylic acids is 1. The van der Waals surface area contributed by atoms with E-state index in [1.807, 2.05) is 12.1 Å². The van der Waals surface area contributed by atoms with Gasteiger partial charge in [0.15, 0.2) is 0 Å². The van der Waals surface area contributed by atoms with Gasteiger partial charge in [0.25, 0.3) is 0 Å². The fourth-order valence-electron chi connectivity index (χ4n) is 2.47. The average Bonchev–Trinajstić information content (AvgIpc) is 2.45. The van der Waals surface area contributed by atoms with Crippen molar-refractivity contribution in [1.29, 1.82) is 0 Å². The van der Waals surface area contributed by atoms with E-state index in [-0.39, 0.29) is 17.3 Å². The topological polar surface area (TPSA) is 66.8 Å². The number of aromatic hydroxyl groups is 1. The van der Waals surface area contributed by atoms with Gasteiger partial charge in [-0.05, 0) is 42.9 Å². The summed E-state index contributed by atoms with van der Waals surface area (Å²) >= 11 is 0. The number of ether oxygens (including phenoxy) is 1. The van der Waals surface area contributed by atoms with Crippen molar-refractivity contribution in [3.05, 3.63) is 42.5 Å². The molecule has 0 aliphatic heterocycles. The van der Waals surface area contributed by atoms with Crippen LogP contribution in [-0.2, 0) is 14.9 Å². The van der Waals surface area contributed by atoms with Crippen LogP contribution in [0.3, 0.4) is 0 Å². The molecule has 0 bridgehead atoms. The second-order valence-electron chi connectivity index (χ2n) is 6.24. The Balaban J connectivity index is 2.72.